The van der Waals surface area contributed by atoms with Gasteiger partial charge in [-0.15, -0.1) is 0 Å². The predicted octanol–water partition coefficient (Wildman–Crippen LogP) is 1.41. The highest BCUT2D eigenvalue weighted by Crippen LogP contribution is 2.00. The Morgan fingerprint density at radius 2 is 2.08 bits per heavy atom. The summed E-state index contributed by atoms with van der Waals surface area (Å²) >= 11 is 4.19. The highest BCUT2D eigenvalue weighted by Gasteiger charge is 1.98. The van der Waals surface area contributed by atoms with Crippen LogP contribution in [0, 0.1) is 5.92 Å². The lowest BCUT2D eigenvalue weighted by molar-refractivity contribution is 0.529. The standard InChI is InChI=1S/C9H13NOS/c1-8(7-12)6-10-4-2-9(11)3-5-10/h2-5,8,12H,6-7H2,1H3. The summed E-state index contributed by atoms with van der Waals surface area (Å²) in [7, 11) is 0. The smallest absolute Gasteiger partial charge is 0.181 e. The van der Waals surface area contributed by atoms with E-state index in [0.29, 0.717) is 5.92 Å². The van der Waals surface area contributed by atoms with Crippen molar-refractivity contribution in [2.45, 2.75) is 13.5 Å². The molecular formula is C9H13NOS. The molecule has 1 aromatic heterocycles. The van der Waals surface area contributed by atoms with Crippen molar-refractivity contribution in [2.75, 3.05) is 5.75 Å². The Morgan fingerprint density at radius 3 is 2.58 bits per heavy atom. The second-order valence-electron chi connectivity index (χ2n) is 3.02. The van der Waals surface area contributed by atoms with Crippen LogP contribution in [0.4, 0.5) is 0 Å². The minimum Gasteiger partial charge on any atom is -0.354 e. The molecule has 1 unspecified atom stereocenters. The Bertz CT molecular complexity index is 274. The molecule has 0 spiro atoms. The van der Waals surface area contributed by atoms with Gasteiger partial charge in [0.25, 0.3) is 0 Å². The molecule has 0 aromatic carbocycles. The van der Waals surface area contributed by atoms with E-state index >= 15 is 0 Å². The minimum atomic E-state index is 0.0600. The van der Waals surface area contributed by atoms with Crippen molar-refractivity contribution in [2.24, 2.45) is 5.92 Å². The zero-order chi connectivity index (χ0) is 8.97. The average Bonchev–Trinajstić information content (AvgIpc) is 2.09. The maximum absolute atomic E-state index is 10.7. The van der Waals surface area contributed by atoms with E-state index in [2.05, 4.69) is 19.6 Å². The topological polar surface area (TPSA) is 22.0 Å². The third kappa shape index (κ3) is 2.74. The maximum Gasteiger partial charge on any atom is 0.181 e. The molecule has 0 aliphatic heterocycles. The summed E-state index contributed by atoms with van der Waals surface area (Å²) in [5, 5.41) is 0. The van der Waals surface area contributed by atoms with Crippen molar-refractivity contribution in [3.63, 3.8) is 0 Å². The third-order valence-corrected chi connectivity index (χ3v) is 2.32. The Kier molecular flexibility index (Phi) is 3.41. The van der Waals surface area contributed by atoms with Crippen LogP contribution in [0.2, 0.25) is 0 Å². The number of hydrogen-bond donors (Lipinski definition) is 1. The summed E-state index contributed by atoms with van der Waals surface area (Å²) in [6.07, 6.45) is 3.62. The fourth-order valence-electron chi connectivity index (χ4n) is 0.983. The molecule has 2 nitrogen and oxygen atoms in total. The lowest BCUT2D eigenvalue weighted by atomic mass is 10.2. The van der Waals surface area contributed by atoms with Gasteiger partial charge in [-0.1, -0.05) is 6.92 Å². The first-order valence-electron chi connectivity index (χ1n) is 3.99. The fraction of sp³-hybridized carbons (Fsp3) is 0.444. The molecule has 0 radical (unpaired) electrons. The van der Waals surface area contributed by atoms with Crippen LogP contribution in [0.5, 0.6) is 0 Å². The molecule has 1 rings (SSSR count). The number of rotatable bonds is 3. The third-order valence-electron chi connectivity index (χ3n) is 1.69. The Hall–Kier alpha value is -0.700. The molecule has 0 aliphatic carbocycles. The zero-order valence-corrected chi connectivity index (χ0v) is 8.00. The second kappa shape index (κ2) is 4.36. The number of hydrogen-bond acceptors (Lipinski definition) is 2. The molecule has 0 aliphatic rings. The van der Waals surface area contributed by atoms with Crippen LogP contribution in [0.15, 0.2) is 29.3 Å². The SMILES string of the molecule is CC(CS)Cn1ccc(=O)cc1. The van der Waals surface area contributed by atoms with Crippen LogP contribution in [0.25, 0.3) is 0 Å². The fourth-order valence-corrected chi connectivity index (χ4v) is 1.10. The van der Waals surface area contributed by atoms with E-state index in [1.807, 2.05) is 17.0 Å². The average molecular weight is 183 g/mol. The largest absolute Gasteiger partial charge is 0.354 e. The van der Waals surface area contributed by atoms with Crippen LogP contribution in [-0.4, -0.2) is 10.3 Å². The molecule has 66 valence electrons. The van der Waals surface area contributed by atoms with Crippen LogP contribution in [-0.2, 0) is 6.54 Å². The molecule has 1 heterocycles. The number of pyridine rings is 1. The monoisotopic (exact) mass is 183 g/mol. The van der Waals surface area contributed by atoms with Gasteiger partial charge in [0, 0.05) is 31.1 Å². The van der Waals surface area contributed by atoms with Gasteiger partial charge in [0.2, 0.25) is 0 Å². The van der Waals surface area contributed by atoms with Gasteiger partial charge in [-0.05, 0) is 11.7 Å². The molecule has 0 saturated carbocycles. The van der Waals surface area contributed by atoms with Crippen LogP contribution >= 0.6 is 12.6 Å². The summed E-state index contributed by atoms with van der Waals surface area (Å²) in [6.45, 7) is 3.05. The Morgan fingerprint density at radius 1 is 1.50 bits per heavy atom. The summed E-state index contributed by atoms with van der Waals surface area (Å²) < 4.78 is 2.00. The highest BCUT2D eigenvalue weighted by molar-refractivity contribution is 7.80. The van der Waals surface area contributed by atoms with Gasteiger partial charge in [-0.3, -0.25) is 4.79 Å². The van der Waals surface area contributed by atoms with Crippen molar-refractivity contribution in [1.82, 2.24) is 4.57 Å². The molecular weight excluding hydrogens is 170 g/mol. The number of thiol groups is 1. The Labute approximate surface area is 77.6 Å². The van der Waals surface area contributed by atoms with Crippen LogP contribution in [0.3, 0.4) is 0 Å². The first-order chi connectivity index (χ1) is 5.72. The van der Waals surface area contributed by atoms with E-state index in [0.717, 1.165) is 12.3 Å². The molecule has 0 amide bonds. The number of nitrogens with zero attached hydrogens (tertiary/aromatic N) is 1. The van der Waals surface area contributed by atoms with Crippen molar-refractivity contribution >= 4 is 12.6 Å². The van der Waals surface area contributed by atoms with E-state index in [1.165, 1.54) is 0 Å². The van der Waals surface area contributed by atoms with E-state index in [-0.39, 0.29) is 5.43 Å². The van der Waals surface area contributed by atoms with Gasteiger partial charge in [-0.2, -0.15) is 12.6 Å². The lowest BCUT2D eigenvalue weighted by Gasteiger charge is -2.10. The van der Waals surface area contributed by atoms with Gasteiger partial charge in [0.05, 0.1) is 0 Å². The van der Waals surface area contributed by atoms with Crippen molar-refractivity contribution in [1.29, 1.82) is 0 Å². The Balaban J connectivity index is 2.64. The van der Waals surface area contributed by atoms with Crippen molar-refractivity contribution in [3.8, 4) is 0 Å². The predicted molar refractivity (Wildman–Crippen MR) is 53.7 cm³/mol. The van der Waals surface area contributed by atoms with Crippen LogP contribution < -0.4 is 5.43 Å². The maximum atomic E-state index is 10.7. The quantitative estimate of drug-likeness (QED) is 0.703. The summed E-state index contributed by atoms with van der Waals surface area (Å²) in [4.78, 5) is 10.7. The second-order valence-corrected chi connectivity index (χ2v) is 3.38. The lowest BCUT2D eigenvalue weighted by Crippen LogP contribution is -2.10. The molecule has 0 N–H and O–H groups in total. The zero-order valence-electron chi connectivity index (χ0n) is 7.10. The van der Waals surface area contributed by atoms with Gasteiger partial charge < -0.3 is 4.57 Å². The summed E-state index contributed by atoms with van der Waals surface area (Å²) in [5.41, 5.74) is 0.0600. The summed E-state index contributed by atoms with van der Waals surface area (Å²) in [6, 6.07) is 3.15. The van der Waals surface area contributed by atoms with Crippen molar-refractivity contribution in [3.05, 3.63) is 34.7 Å². The van der Waals surface area contributed by atoms with Crippen LogP contribution in [0.1, 0.15) is 6.92 Å². The molecule has 12 heavy (non-hydrogen) atoms. The molecule has 0 fully saturated rings. The van der Waals surface area contributed by atoms with Crippen molar-refractivity contribution < 1.29 is 0 Å². The van der Waals surface area contributed by atoms with E-state index in [4.69, 9.17) is 0 Å². The normalized spacial score (nSPS) is 12.8. The first kappa shape index (κ1) is 9.39. The van der Waals surface area contributed by atoms with E-state index < -0.39 is 0 Å². The number of aromatic nitrogens is 1. The highest BCUT2D eigenvalue weighted by atomic mass is 32.1. The molecule has 0 saturated heterocycles. The van der Waals surface area contributed by atoms with Gasteiger partial charge in [0.15, 0.2) is 5.43 Å². The first-order valence-corrected chi connectivity index (χ1v) is 4.62. The van der Waals surface area contributed by atoms with Gasteiger partial charge in [-0.25, -0.2) is 0 Å². The minimum absolute atomic E-state index is 0.0600. The molecule has 1 atom stereocenters. The molecule has 1 aromatic rings. The van der Waals surface area contributed by atoms with E-state index in [9.17, 15) is 4.79 Å². The van der Waals surface area contributed by atoms with Gasteiger partial charge >= 0.3 is 0 Å². The molecule has 3 heteroatoms. The molecule has 0 bridgehead atoms. The summed E-state index contributed by atoms with van der Waals surface area (Å²) in [5.74, 6) is 1.40. The van der Waals surface area contributed by atoms with Gasteiger partial charge in [0.1, 0.15) is 0 Å². The van der Waals surface area contributed by atoms with E-state index in [1.54, 1.807) is 12.1 Å².